The van der Waals surface area contributed by atoms with E-state index in [1.165, 1.54) is 58.0 Å². The Kier molecular flexibility index (Phi) is 3.20. The summed E-state index contributed by atoms with van der Waals surface area (Å²) in [5.74, 6) is 0. The number of hydrogen-bond acceptors (Lipinski definition) is 2. The Labute approximate surface area is 106 Å². The maximum atomic E-state index is 3.66. The summed E-state index contributed by atoms with van der Waals surface area (Å²) >= 11 is 0. The average Bonchev–Trinajstić information content (AvgIpc) is 2.27. The lowest BCUT2D eigenvalue weighted by atomic mass is 9.56. The van der Waals surface area contributed by atoms with Gasteiger partial charge >= 0.3 is 0 Å². The molecular weight excluding hydrogens is 208 g/mol. The van der Waals surface area contributed by atoms with E-state index in [2.05, 4.69) is 24.1 Å². The van der Waals surface area contributed by atoms with Crippen molar-refractivity contribution in [1.29, 1.82) is 0 Å². The minimum atomic E-state index is 0.681. The Balaban J connectivity index is 1.67. The minimum Gasteiger partial charge on any atom is -0.309 e. The van der Waals surface area contributed by atoms with Gasteiger partial charge in [0.25, 0.3) is 0 Å². The normalized spacial score (nSPS) is 42.4. The van der Waals surface area contributed by atoms with Gasteiger partial charge in [-0.2, -0.15) is 0 Å². The van der Waals surface area contributed by atoms with Crippen molar-refractivity contribution in [2.75, 3.05) is 13.1 Å². The molecule has 1 saturated heterocycles. The van der Waals surface area contributed by atoms with Gasteiger partial charge in [-0.3, -0.25) is 4.90 Å². The molecule has 2 nitrogen and oxygen atoms in total. The van der Waals surface area contributed by atoms with Gasteiger partial charge in [0.15, 0.2) is 0 Å². The summed E-state index contributed by atoms with van der Waals surface area (Å²) in [6.07, 6.45) is 10.5. The fraction of sp³-hybridized carbons (Fsp3) is 1.00. The molecule has 0 radical (unpaired) electrons. The van der Waals surface area contributed by atoms with Crippen LogP contribution in [0, 0.1) is 5.41 Å². The summed E-state index contributed by atoms with van der Waals surface area (Å²) < 4.78 is 0. The van der Waals surface area contributed by atoms with E-state index in [-0.39, 0.29) is 0 Å². The molecule has 1 heterocycles. The van der Waals surface area contributed by atoms with Crippen LogP contribution < -0.4 is 5.32 Å². The van der Waals surface area contributed by atoms with Crippen molar-refractivity contribution in [2.45, 2.75) is 76.9 Å². The van der Waals surface area contributed by atoms with Crippen molar-refractivity contribution in [1.82, 2.24) is 10.2 Å². The van der Waals surface area contributed by atoms with Crippen LogP contribution in [0.1, 0.15) is 58.8 Å². The Morgan fingerprint density at radius 3 is 2.12 bits per heavy atom. The van der Waals surface area contributed by atoms with Crippen LogP contribution in [-0.2, 0) is 0 Å². The predicted molar refractivity (Wildman–Crippen MR) is 72.2 cm³/mol. The zero-order valence-corrected chi connectivity index (χ0v) is 11.5. The number of rotatable bonds is 1. The van der Waals surface area contributed by atoms with Crippen LogP contribution in [0.25, 0.3) is 0 Å². The van der Waals surface area contributed by atoms with Crippen LogP contribution in [0.15, 0.2) is 0 Å². The fourth-order valence-electron chi connectivity index (χ4n) is 4.71. The van der Waals surface area contributed by atoms with E-state index in [0.29, 0.717) is 12.1 Å². The first kappa shape index (κ1) is 12.0. The molecule has 2 aliphatic carbocycles. The number of nitrogens with one attached hydrogen (secondary N) is 1. The Hall–Kier alpha value is -0.0800. The Bertz CT molecular complexity index is 260. The molecule has 0 bridgehead atoms. The second-order valence-corrected chi connectivity index (χ2v) is 6.90. The molecular formula is C15H28N2. The van der Waals surface area contributed by atoms with Crippen LogP contribution in [0.5, 0.6) is 0 Å². The summed E-state index contributed by atoms with van der Waals surface area (Å²) in [5, 5.41) is 3.66. The summed E-state index contributed by atoms with van der Waals surface area (Å²) in [6.45, 7) is 7.23. The highest BCUT2D eigenvalue weighted by Crippen LogP contribution is 2.54. The summed E-state index contributed by atoms with van der Waals surface area (Å²) in [7, 11) is 0. The monoisotopic (exact) mass is 236 g/mol. The van der Waals surface area contributed by atoms with Crippen LogP contribution in [-0.4, -0.2) is 36.1 Å². The summed E-state index contributed by atoms with van der Waals surface area (Å²) in [5.41, 5.74) is 0.745. The molecule has 17 heavy (non-hydrogen) atoms. The highest BCUT2D eigenvalue weighted by atomic mass is 15.3. The van der Waals surface area contributed by atoms with Gasteiger partial charge in [0, 0.05) is 31.2 Å². The molecule has 3 rings (SSSR count). The van der Waals surface area contributed by atoms with E-state index in [1.807, 2.05) is 0 Å². The lowest BCUT2D eigenvalue weighted by Gasteiger charge is -2.58. The van der Waals surface area contributed by atoms with Crippen molar-refractivity contribution in [3.63, 3.8) is 0 Å². The third kappa shape index (κ3) is 2.15. The molecule has 3 unspecified atom stereocenters. The minimum absolute atomic E-state index is 0.681. The molecule has 1 aliphatic heterocycles. The van der Waals surface area contributed by atoms with E-state index in [1.54, 1.807) is 0 Å². The zero-order chi connectivity index (χ0) is 11.9. The van der Waals surface area contributed by atoms with E-state index in [9.17, 15) is 0 Å². The Morgan fingerprint density at radius 2 is 1.59 bits per heavy atom. The van der Waals surface area contributed by atoms with Gasteiger partial charge in [-0.15, -0.1) is 0 Å². The van der Waals surface area contributed by atoms with Gasteiger partial charge in [0.2, 0.25) is 0 Å². The van der Waals surface area contributed by atoms with Gasteiger partial charge in [-0.1, -0.05) is 19.3 Å². The molecule has 3 aliphatic rings. The van der Waals surface area contributed by atoms with Gasteiger partial charge < -0.3 is 5.32 Å². The van der Waals surface area contributed by atoms with Gasteiger partial charge in [-0.05, 0) is 44.9 Å². The SMILES string of the molecule is CC1CN(C2CCC23CCCCC3)CC(C)N1. The lowest BCUT2D eigenvalue weighted by molar-refractivity contribution is -0.0666. The van der Waals surface area contributed by atoms with Crippen LogP contribution in [0.3, 0.4) is 0 Å². The largest absolute Gasteiger partial charge is 0.309 e. The molecule has 3 fully saturated rings. The highest BCUT2D eigenvalue weighted by Gasteiger charge is 2.50. The smallest absolute Gasteiger partial charge is 0.0169 e. The third-order valence-corrected chi connectivity index (χ3v) is 5.50. The van der Waals surface area contributed by atoms with Gasteiger partial charge in [0.05, 0.1) is 0 Å². The van der Waals surface area contributed by atoms with E-state index < -0.39 is 0 Å². The van der Waals surface area contributed by atoms with Crippen molar-refractivity contribution in [3.8, 4) is 0 Å². The number of piperazine rings is 1. The molecule has 0 aromatic rings. The molecule has 1 spiro atoms. The zero-order valence-electron chi connectivity index (χ0n) is 11.5. The van der Waals surface area contributed by atoms with Gasteiger partial charge in [-0.25, -0.2) is 0 Å². The molecule has 3 atom stereocenters. The molecule has 2 saturated carbocycles. The molecule has 1 N–H and O–H groups in total. The van der Waals surface area contributed by atoms with Crippen LogP contribution in [0.4, 0.5) is 0 Å². The first-order chi connectivity index (χ1) is 8.20. The van der Waals surface area contributed by atoms with Crippen molar-refractivity contribution in [2.24, 2.45) is 5.41 Å². The van der Waals surface area contributed by atoms with Crippen LogP contribution >= 0.6 is 0 Å². The van der Waals surface area contributed by atoms with E-state index in [4.69, 9.17) is 0 Å². The van der Waals surface area contributed by atoms with E-state index in [0.717, 1.165) is 11.5 Å². The summed E-state index contributed by atoms with van der Waals surface area (Å²) in [6, 6.07) is 2.29. The second-order valence-electron chi connectivity index (χ2n) is 6.90. The first-order valence-electron chi connectivity index (χ1n) is 7.70. The molecule has 0 aromatic heterocycles. The third-order valence-electron chi connectivity index (χ3n) is 5.50. The van der Waals surface area contributed by atoms with Crippen molar-refractivity contribution >= 4 is 0 Å². The molecule has 0 amide bonds. The average molecular weight is 236 g/mol. The molecule has 0 aromatic carbocycles. The maximum absolute atomic E-state index is 3.66. The molecule has 98 valence electrons. The van der Waals surface area contributed by atoms with Crippen molar-refractivity contribution < 1.29 is 0 Å². The number of nitrogens with zero attached hydrogens (tertiary/aromatic N) is 1. The Morgan fingerprint density at radius 1 is 0.941 bits per heavy atom. The lowest BCUT2D eigenvalue weighted by Crippen LogP contribution is -2.64. The van der Waals surface area contributed by atoms with E-state index >= 15 is 0 Å². The fourth-order valence-corrected chi connectivity index (χ4v) is 4.71. The van der Waals surface area contributed by atoms with Crippen LogP contribution in [0.2, 0.25) is 0 Å². The first-order valence-corrected chi connectivity index (χ1v) is 7.70. The standard InChI is InChI=1S/C15H28N2/c1-12-10-17(11-13(2)16-12)14-6-9-15(14)7-4-3-5-8-15/h12-14,16H,3-11H2,1-2H3. The van der Waals surface area contributed by atoms with Gasteiger partial charge in [0.1, 0.15) is 0 Å². The van der Waals surface area contributed by atoms with Crippen molar-refractivity contribution in [3.05, 3.63) is 0 Å². The summed E-state index contributed by atoms with van der Waals surface area (Å²) in [4.78, 5) is 2.82. The second kappa shape index (κ2) is 4.55. The quantitative estimate of drug-likeness (QED) is 0.753. The highest BCUT2D eigenvalue weighted by molar-refractivity contribution is 5.04. The number of hydrogen-bond donors (Lipinski definition) is 1. The maximum Gasteiger partial charge on any atom is 0.0169 e. The predicted octanol–water partition coefficient (Wildman–Crippen LogP) is 2.78. The molecule has 2 heteroatoms. The topological polar surface area (TPSA) is 15.3 Å².